The minimum Gasteiger partial charge on any atom is -0.463 e. The van der Waals surface area contributed by atoms with Gasteiger partial charge in [-0.05, 0) is 106 Å². The molecule has 0 amide bonds. The van der Waals surface area contributed by atoms with E-state index in [0.717, 1.165) is 48.3 Å². The summed E-state index contributed by atoms with van der Waals surface area (Å²) in [5, 5.41) is 17.0. The maximum absolute atomic E-state index is 14.9. The summed E-state index contributed by atoms with van der Waals surface area (Å²) in [6.07, 6.45) is 23.4. The fourth-order valence-electron chi connectivity index (χ4n) is 10.1. The summed E-state index contributed by atoms with van der Waals surface area (Å²) in [6.45, 7) is 8.43. The van der Waals surface area contributed by atoms with Crippen molar-refractivity contribution in [2.45, 2.75) is 115 Å². The van der Waals surface area contributed by atoms with Crippen molar-refractivity contribution in [2.24, 2.45) is 34.4 Å². The number of dihydropyridines is 1. The fourth-order valence-corrected chi connectivity index (χ4v) is 10.1. The number of allylic oxidation sites excluding steroid dienone is 3. The van der Waals surface area contributed by atoms with Crippen LogP contribution in [-0.4, -0.2) is 87.2 Å². The summed E-state index contributed by atoms with van der Waals surface area (Å²) in [4.78, 5) is 48.6. The average molecular weight is 822 g/mol. The van der Waals surface area contributed by atoms with Gasteiger partial charge in [0.1, 0.15) is 5.82 Å². The quantitative estimate of drug-likeness (QED) is 0.0222. The highest BCUT2D eigenvalue weighted by atomic mass is 16.7. The number of nitrogens with zero attached hydrogens (tertiary/aromatic N) is 1. The predicted octanol–water partition coefficient (Wildman–Crippen LogP) is 5.53. The molecule has 6 aliphatic rings. The number of hydrogen-bond donors (Lipinski definition) is 6. The van der Waals surface area contributed by atoms with Crippen molar-refractivity contribution in [3.8, 4) is 0 Å². The standard InChI is InChI=1S/C48H67N7O5/c1-30(2)22-36-16-11-17-38-42(36)44(57)48(45(58)59-28-37-24-33-14-9-10-15-34(33)25-39(37)53-27-32-12-7-6-8-13-32)47(60-48,43(38)56)20-18-31(3)23-40(55-46(49)51-5)35-19-21-52-41(26-35)54-29-50-4/h10-11,15-19,25-26,30,32-33,37,39-40,50,52-54H,6-9,12-14,20-24,27-29H2,1-5H3,(H3,49,51,55). The second-order valence-corrected chi connectivity index (χ2v) is 18.2. The highest BCUT2D eigenvalue weighted by molar-refractivity contribution is 6.33. The second-order valence-electron chi connectivity index (χ2n) is 18.2. The van der Waals surface area contributed by atoms with Crippen LogP contribution in [0.2, 0.25) is 0 Å². The van der Waals surface area contributed by atoms with Crippen LogP contribution in [0, 0.1) is 23.7 Å². The summed E-state index contributed by atoms with van der Waals surface area (Å²) in [5.74, 6) is 0.896. The first-order valence-corrected chi connectivity index (χ1v) is 22.4. The van der Waals surface area contributed by atoms with Crippen LogP contribution in [-0.2, 0) is 20.7 Å². The molecule has 0 aromatic heterocycles. The average Bonchev–Trinajstić information content (AvgIpc) is 3.97. The number of ketones is 2. The molecular formula is C48H67N7O5. The van der Waals surface area contributed by atoms with Gasteiger partial charge in [0, 0.05) is 43.1 Å². The Hall–Kier alpha value is -4.52. The van der Waals surface area contributed by atoms with Crippen molar-refractivity contribution < 1.29 is 23.9 Å². The van der Waals surface area contributed by atoms with Crippen LogP contribution in [0.3, 0.4) is 0 Å². The predicted molar refractivity (Wildman–Crippen MR) is 236 cm³/mol. The van der Waals surface area contributed by atoms with E-state index in [2.05, 4.69) is 69.7 Å². The van der Waals surface area contributed by atoms with Crippen LogP contribution in [0.1, 0.15) is 111 Å². The minimum atomic E-state index is -2.06. The van der Waals surface area contributed by atoms with E-state index in [1.165, 1.54) is 37.7 Å². The lowest BCUT2D eigenvalue weighted by Gasteiger charge is -2.37. The number of Topliss-reactive ketones (excluding diaryl/α,β-unsaturated/α-hetero) is 2. The maximum atomic E-state index is 14.9. The third-order valence-corrected chi connectivity index (χ3v) is 13.4. The van der Waals surface area contributed by atoms with E-state index >= 15 is 0 Å². The number of nitrogens with two attached hydrogens (primary N) is 1. The Labute approximate surface area is 356 Å². The van der Waals surface area contributed by atoms with Crippen molar-refractivity contribution in [1.82, 2.24) is 26.6 Å². The van der Waals surface area contributed by atoms with Crippen molar-refractivity contribution in [3.05, 3.63) is 93.9 Å². The molecule has 0 spiro atoms. The van der Waals surface area contributed by atoms with E-state index in [4.69, 9.17) is 15.2 Å². The second kappa shape index (κ2) is 19.0. The molecule has 6 atom stereocenters. The van der Waals surface area contributed by atoms with Crippen LogP contribution in [0.4, 0.5) is 0 Å². The van der Waals surface area contributed by atoms with Gasteiger partial charge < -0.3 is 41.8 Å². The topological polar surface area (TPSA) is 172 Å². The molecule has 6 unspecified atom stereocenters. The van der Waals surface area contributed by atoms with Crippen molar-refractivity contribution in [2.75, 3.05) is 40.5 Å². The van der Waals surface area contributed by atoms with E-state index in [1.54, 1.807) is 13.1 Å². The Morgan fingerprint density at radius 2 is 1.97 bits per heavy atom. The molecule has 1 aromatic rings. The monoisotopic (exact) mass is 822 g/mol. The largest absolute Gasteiger partial charge is 0.463 e. The first-order chi connectivity index (χ1) is 29.0. The number of rotatable bonds is 17. The van der Waals surface area contributed by atoms with Crippen LogP contribution >= 0.6 is 0 Å². The van der Waals surface area contributed by atoms with Gasteiger partial charge in [-0.15, -0.1) is 0 Å². The number of aliphatic imine (C=N–C) groups is 1. The highest BCUT2D eigenvalue weighted by Gasteiger charge is 2.85. The number of hydrogen-bond acceptors (Lipinski definition) is 10. The summed E-state index contributed by atoms with van der Waals surface area (Å²) >= 11 is 0. The Balaban J connectivity index is 1.15. The van der Waals surface area contributed by atoms with Gasteiger partial charge in [0.25, 0.3) is 5.60 Å². The SMILES string of the molecule is CN=C(N)NC(CC(C)=CCC12OC1(C(=O)OCC1CC3CCC=CC3=CC1NCC1CCCCC1)C(=O)c1c(CC(C)C)cccc1C2=O)C1=CCNC(NCNC)=C1. The normalized spacial score (nSPS) is 28.4. The number of carbonyl (C=O) groups excluding carboxylic acids is 3. The first-order valence-electron chi connectivity index (χ1n) is 22.4. The number of esters is 1. The Kier molecular flexibility index (Phi) is 13.8. The van der Waals surface area contributed by atoms with Gasteiger partial charge in [-0.1, -0.05) is 87.3 Å². The van der Waals surface area contributed by atoms with Crippen LogP contribution in [0.5, 0.6) is 0 Å². The van der Waals surface area contributed by atoms with Gasteiger partial charge in [-0.25, -0.2) is 4.79 Å². The zero-order valence-electron chi connectivity index (χ0n) is 36.3. The molecule has 2 heterocycles. The third kappa shape index (κ3) is 9.06. The number of guanidine groups is 1. The summed E-state index contributed by atoms with van der Waals surface area (Å²) in [5.41, 5.74) is 7.10. The highest BCUT2D eigenvalue weighted by Crippen LogP contribution is 2.59. The first kappa shape index (κ1) is 43.6. The van der Waals surface area contributed by atoms with Crippen molar-refractivity contribution >= 4 is 23.5 Å². The number of benzene rings is 1. The molecule has 1 saturated carbocycles. The molecular weight excluding hydrogens is 755 g/mol. The molecule has 12 nitrogen and oxygen atoms in total. The summed E-state index contributed by atoms with van der Waals surface area (Å²) in [7, 11) is 3.51. The molecule has 7 N–H and O–H groups in total. The zero-order valence-corrected chi connectivity index (χ0v) is 36.3. The van der Waals surface area contributed by atoms with Gasteiger partial charge in [0.05, 0.1) is 19.3 Å². The van der Waals surface area contributed by atoms with Gasteiger partial charge in [-0.2, -0.15) is 0 Å². The Morgan fingerprint density at radius 1 is 1.15 bits per heavy atom. The summed E-state index contributed by atoms with van der Waals surface area (Å²) in [6, 6.07) is 5.21. The number of ether oxygens (including phenoxy) is 2. The van der Waals surface area contributed by atoms with E-state index in [9.17, 15) is 14.4 Å². The van der Waals surface area contributed by atoms with E-state index in [0.29, 0.717) is 55.0 Å². The van der Waals surface area contributed by atoms with Gasteiger partial charge in [0.15, 0.2) is 17.3 Å². The van der Waals surface area contributed by atoms with E-state index < -0.39 is 23.0 Å². The lowest BCUT2D eigenvalue weighted by molar-refractivity contribution is -0.150. The number of nitrogens with one attached hydrogen (secondary N) is 5. The molecule has 7 rings (SSSR count). The molecule has 4 aliphatic carbocycles. The lowest BCUT2D eigenvalue weighted by Crippen LogP contribution is -2.51. The van der Waals surface area contributed by atoms with Gasteiger partial charge in [-0.3, -0.25) is 14.6 Å². The fraction of sp³-hybridized carbons (Fsp3) is 0.583. The molecule has 12 heteroatoms. The molecule has 324 valence electrons. The minimum absolute atomic E-state index is 0.0264. The molecule has 60 heavy (non-hydrogen) atoms. The maximum Gasteiger partial charge on any atom is 0.350 e. The zero-order chi connectivity index (χ0) is 42.4. The Morgan fingerprint density at radius 3 is 2.73 bits per heavy atom. The molecule has 2 aliphatic heterocycles. The lowest BCUT2D eigenvalue weighted by atomic mass is 9.70. The van der Waals surface area contributed by atoms with E-state index in [1.807, 2.05) is 38.3 Å². The van der Waals surface area contributed by atoms with E-state index in [-0.39, 0.29) is 42.7 Å². The number of epoxide rings is 1. The van der Waals surface area contributed by atoms with Crippen LogP contribution in [0.15, 0.2) is 82.2 Å². The Bertz CT molecular complexity index is 1980. The van der Waals surface area contributed by atoms with Crippen molar-refractivity contribution in [1.29, 1.82) is 0 Å². The van der Waals surface area contributed by atoms with Crippen LogP contribution in [0.25, 0.3) is 0 Å². The molecule has 1 aromatic carbocycles. The molecule has 1 saturated heterocycles. The van der Waals surface area contributed by atoms with Crippen molar-refractivity contribution in [3.63, 3.8) is 0 Å². The number of carbonyl (C=O) groups is 3. The summed E-state index contributed by atoms with van der Waals surface area (Å²) < 4.78 is 12.7. The van der Waals surface area contributed by atoms with Gasteiger partial charge >= 0.3 is 5.97 Å². The van der Waals surface area contributed by atoms with Gasteiger partial charge in [0.2, 0.25) is 5.78 Å². The molecule has 0 bridgehead atoms. The number of fused-ring (bicyclic) bond motifs is 3. The molecule has 2 fully saturated rings. The molecule has 0 radical (unpaired) electrons. The smallest absolute Gasteiger partial charge is 0.350 e. The third-order valence-electron chi connectivity index (χ3n) is 13.4. The van der Waals surface area contributed by atoms with Crippen LogP contribution < -0.4 is 32.3 Å².